The lowest BCUT2D eigenvalue weighted by molar-refractivity contribution is 0.413. The molecule has 3 nitrogen and oxygen atoms in total. The summed E-state index contributed by atoms with van der Waals surface area (Å²) >= 11 is 0. The highest BCUT2D eigenvalue weighted by Crippen LogP contribution is 2.34. The summed E-state index contributed by atoms with van der Waals surface area (Å²) in [7, 11) is -5.81. The third-order valence-corrected chi connectivity index (χ3v) is 3.34. The highest BCUT2D eigenvalue weighted by atomic mass is 32.2. The average molecular weight is 315 g/mol. The number of fused-ring (bicyclic) bond motifs is 1. The first-order valence-corrected chi connectivity index (χ1v) is 6.07. The monoisotopic (exact) mass is 315 g/mol. The molecule has 0 N–H and O–H groups in total. The van der Waals surface area contributed by atoms with Crippen molar-refractivity contribution >= 4 is 20.9 Å². The summed E-state index contributed by atoms with van der Waals surface area (Å²) in [6, 6.07) is -0.0831. The van der Waals surface area contributed by atoms with Crippen LogP contribution in [0.3, 0.4) is 0 Å². The second-order valence-electron chi connectivity index (χ2n) is 3.63. The Hall–Kier alpha value is -1.81. The van der Waals surface area contributed by atoms with Crippen LogP contribution in [-0.4, -0.2) is 13.0 Å². The van der Waals surface area contributed by atoms with Crippen molar-refractivity contribution in [1.29, 1.82) is 0 Å². The molecular weight excluding hydrogens is 314 g/mol. The predicted molar refractivity (Wildman–Crippen MR) is 51.7 cm³/mol. The van der Waals surface area contributed by atoms with Gasteiger partial charge >= 0.3 is 0 Å². The summed E-state index contributed by atoms with van der Waals surface area (Å²) in [4.78, 5) is -2.12. The lowest BCUT2D eigenvalue weighted by atomic mass is 10.1. The van der Waals surface area contributed by atoms with Crippen molar-refractivity contribution < 1.29 is 39.3 Å². The van der Waals surface area contributed by atoms with Gasteiger partial charge in [0.2, 0.25) is 0 Å². The molecule has 2 rings (SSSR count). The van der Waals surface area contributed by atoms with Crippen LogP contribution in [0.15, 0.2) is 11.0 Å². The second-order valence-corrected chi connectivity index (χ2v) is 4.95. The molecule has 0 unspecified atom stereocenters. The van der Waals surface area contributed by atoms with Gasteiger partial charge in [0.1, 0.15) is 15.0 Å². The molecule has 0 aliphatic carbocycles. The molecule has 20 heavy (non-hydrogen) atoms. The van der Waals surface area contributed by atoms with Crippen molar-refractivity contribution in [2.24, 2.45) is 0 Å². The van der Waals surface area contributed by atoms with Gasteiger partial charge in [-0.05, 0) is 6.07 Å². The Labute approximate surface area is 107 Å². The third-order valence-electron chi connectivity index (χ3n) is 2.46. The number of halogens is 6. The summed E-state index contributed by atoms with van der Waals surface area (Å²) in [5.41, 5.74) is 0. The zero-order valence-electron chi connectivity index (χ0n) is 8.98. The van der Waals surface area contributed by atoms with E-state index in [9.17, 15) is 39.3 Å². The topological polar surface area (TPSA) is 57.2 Å². The van der Waals surface area contributed by atoms with Gasteiger partial charge in [0.15, 0.2) is 34.9 Å². The summed E-state index contributed by atoms with van der Waals surface area (Å²) in [5.74, 6) is -13.6. The Bertz CT molecular complexity index is 846. The molecule has 2 aromatic rings. The summed E-state index contributed by atoms with van der Waals surface area (Å²) in [6.07, 6.45) is 0. The normalized spacial score (nSPS) is 12.2. The van der Waals surface area contributed by atoms with Crippen LogP contribution in [-0.2, 0) is 10.1 Å². The lowest BCUT2D eigenvalue weighted by Crippen LogP contribution is -2.09. The molecule has 108 valence electrons. The second kappa shape index (κ2) is 4.35. The molecule has 0 atom stereocenters. The Balaban J connectivity index is 3.26. The fourth-order valence-electron chi connectivity index (χ4n) is 1.65. The zero-order valence-corrected chi connectivity index (χ0v) is 9.79. The van der Waals surface area contributed by atoms with E-state index < -0.39 is 60.7 Å². The fraction of sp³-hybridized carbons (Fsp3) is 0. The molecule has 0 bridgehead atoms. The van der Waals surface area contributed by atoms with Crippen LogP contribution in [0.5, 0.6) is 0 Å². The van der Waals surface area contributed by atoms with Crippen molar-refractivity contribution in [3.8, 4) is 0 Å². The van der Waals surface area contributed by atoms with Crippen molar-refractivity contribution in [1.82, 2.24) is 0 Å². The van der Waals surface area contributed by atoms with Crippen LogP contribution in [0, 0.1) is 34.9 Å². The van der Waals surface area contributed by atoms with Gasteiger partial charge in [-0.1, -0.05) is 0 Å². The molecule has 0 spiro atoms. The van der Waals surface area contributed by atoms with E-state index in [-0.39, 0.29) is 6.07 Å². The highest BCUT2D eigenvalue weighted by Gasteiger charge is 2.28. The Kier molecular flexibility index (Phi) is 3.17. The van der Waals surface area contributed by atoms with Crippen LogP contribution >= 0.6 is 0 Å². The molecule has 0 aliphatic rings. The van der Waals surface area contributed by atoms with E-state index in [0.29, 0.717) is 0 Å². The van der Waals surface area contributed by atoms with Gasteiger partial charge in [-0.15, -0.1) is 0 Å². The summed E-state index contributed by atoms with van der Waals surface area (Å²) < 4.78 is 112. The van der Waals surface area contributed by atoms with E-state index in [2.05, 4.69) is 0 Å². The molecule has 0 aliphatic heterocycles. The number of hydrogen-bond donors (Lipinski definition) is 0. The first-order valence-electron chi connectivity index (χ1n) is 4.67. The smallest absolute Gasteiger partial charge is 0.198 e. The van der Waals surface area contributed by atoms with E-state index in [1.165, 1.54) is 0 Å². The minimum Gasteiger partial charge on any atom is -0.744 e. The predicted octanol–water partition coefficient (Wildman–Crippen LogP) is 2.58. The minimum atomic E-state index is -5.81. The van der Waals surface area contributed by atoms with E-state index in [1.807, 2.05) is 0 Å². The Morgan fingerprint density at radius 2 is 1.30 bits per heavy atom. The van der Waals surface area contributed by atoms with Crippen molar-refractivity contribution in [2.75, 3.05) is 0 Å². The van der Waals surface area contributed by atoms with E-state index >= 15 is 0 Å². The van der Waals surface area contributed by atoms with E-state index in [0.717, 1.165) is 0 Å². The third kappa shape index (κ3) is 1.91. The fourth-order valence-corrected chi connectivity index (χ4v) is 2.42. The quantitative estimate of drug-likeness (QED) is 0.352. The van der Waals surface area contributed by atoms with Crippen LogP contribution in [0.25, 0.3) is 10.8 Å². The van der Waals surface area contributed by atoms with Crippen molar-refractivity contribution in [2.45, 2.75) is 4.90 Å². The minimum absolute atomic E-state index is 0.0831. The van der Waals surface area contributed by atoms with Gasteiger partial charge in [-0.2, -0.15) is 0 Å². The van der Waals surface area contributed by atoms with Gasteiger partial charge < -0.3 is 4.55 Å². The van der Waals surface area contributed by atoms with Crippen molar-refractivity contribution in [3.63, 3.8) is 0 Å². The van der Waals surface area contributed by atoms with Crippen LogP contribution < -0.4 is 0 Å². The number of rotatable bonds is 1. The van der Waals surface area contributed by atoms with Crippen LogP contribution in [0.4, 0.5) is 26.3 Å². The van der Waals surface area contributed by atoms with Gasteiger partial charge in [0.25, 0.3) is 0 Å². The molecule has 0 radical (unpaired) electrons. The van der Waals surface area contributed by atoms with Crippen molar-refractivity contribution in [3.05, 3.63) is 41.0 Å². The maximum Gasteiger partial charge on any atom is 0.198 e. The average Bonchev–Trinajstić information content (AvgIpc) is 2.34. The van der Waals surface area contributed by atoms with E-state index in [1.54, 1.807) is 0 Å². The standard InChI is InChI=1S/C10H2F6O3S/c11-3-1-2-4(10(6(3)13)20(17,18)19)7(14)9(16)8(15)5(2)12/h1H,(H,17,18,19)/p-1. The molecule has 0 fully saturated rings. The largest absolute Gasteiger partial charge is 0.744 e. The molecule has 0 saturated carbocycles. The maximum absolute atomic E-state index is 13.5. The first-order chi connectivity index (χ1) is 9.07. The molecule has 0 aromatic heterocycles. The first kappa shape index (κ1) is 14.6. The van der Waals surface area contributed by atoms with Gasteiger partial charge in [0, 0.05) is 10.8 Å². The highest BCUT2D eigenvalue weighted by molar-refractivity contribution is 7.86. The Morgan fingerprint density at radius 3 is 1.80 bits per heavy atom. The lowest BCUT2D eigenvalue weighted by Gasteiger charge is -2.14. The molecule has 0 heterocycles. The van der Waals surface area contributed by atoms with Crippen LogP contribution in [0.1, 0.15) is 0 Å². The summed E-state index contributed by atoms with van der Waals surface area (Å²) in [6.45, 7) is 0. The molecule has 2 aromatic carbocycles. The maximum atomic E-state index is 13.5. The molecular formula is C10HF6O3S-. The molecule has 0 saturated heterocycles. The van der Waals surface area contributed by atoms with Gasteiger partial charge in [-0.3, -0.25) is 0 Å². The SMILES string of the molecule is O=S(=O)([O-])c1c(F)c(F)cc2c(F)c(F)c(F)c(F)c12. The van der Waals surface area contributed by atoms with Crippen LogP contribution in [0.2, 0.25) is 0 Å². The number of hydrogen-bond acceptors (Lipinski definition) is 3. The molecule has 10 heteroatoms. The summed E-state index contributed by atoms with van der Waals surface area (Å²) in [5, 5.41) is -3.09. The van der Waals surface area contributed by atoms with Gasteiger partial charge in [0.05, 0.1) is 0 Å². The zero-order chi connectivity index (χ0) is 15.4. The molecule has 0 amide bonds. The van der Waals surface area contributed by atoms with Gasteiger partial charge in [-0.25, -0.2) is 34.8 Å². The Morgan fingerprint density at radius 1 is 0.800 bits per heavy atom. The van der Waals surface area contributed by atoms with E-state index in [4.69, 9.17) is 0 Å². The number of benzene rings is 2.